The third-order valence-electron chi connectivity index (χ3n) is 19.8. The molecule has 3 aliphatic heterocycles. The fraction of sp³-hybridized carbons (Fsp3) is 0.595. The van der Waals surface area contributed by atoms with Gasteiger partial charge in [-0.15, -0.1) is 0 Å². The summed E-state index contributed by atoms with van der Waals surface area (Å²) in [5, 5.41) is 11.6. The number of likely N-dealkylation sites (tertiary alicyclic amines) is 1. The molecular weight excluding hydrogens is 1390 g/mol. The Kier molecular flexibility index (Phi) is 29.4. The number of hydrogen-bond donors (Lipinski definition) is 4. The summed E-state index contributed by atoms with van der Waals surface area (Å²) in [6, 6.07) is 11.4. The Bertz CT molecular complexity index is 3430. The number of carbonyl (C=O) groups excluding carboxylic acids is 12. The molecule has 9 atom stereocenters. The number of fused-ring (bicyclic) bond motifs is 1. The monoisotopic (exact) mass is 1500 g/mol. The number of piperidine rings is 1. The number of para-hydroxylation sites is 1. The summed E-state index contributed by atoms with van der Waals surface area (Å²) >= 11 is 2.13. The van der Waals surface area contributed by atoms with Gasteiger partial charge in [0.1, 0.15) is 59.6 Å². The standard InChI is InChI=1S/C74H107IN12O13/c1-17-48(7)64-72(98)81(11)44-63(90)87-35-32-56(87)70(96)84(14)58(40-49-30-28-47(6)29-31-49)69(95)80(10)43-61(88)76-53(39-50-24-23-26-52(75)38-50)65(91)77-55(41-51-25-19-20-27-60(51)100-16)68(94)85(15)74(8,9)73(99)78-54(36-45(2)3)67(93)83(13)59(71(97)86-33-21-18-22-34-86)42-62(89)82(12)57(37-46(4)5)66(92)79-64/h19-20,23-31,38,45-46,48,53-59,64H,17-18,21-22,32-37,39-44H2,1-16H3,(H,76,88)(H,77,91)(H,78,99)(H,79,92)/t48-,53-,54-,55-,56?,57-,58-,59-,64-/m0/s1. The molecule has 3 heterocycles. The number of benzene rings is 3. The highest BCUT2D eigenvalue weighted by Gasteiger charge is 2.46. The van der Waals surface area contributed by atoms with Crippen LogP contribution in [0.3, 0.4) is 0 Å². The lowest BCUT2D eigenvalue weighted by molar-refractivity contribution is -0.157. The third kappa shape index (κ3) is 21.0. The van der Waals surface area contributed by atoms with Gasteiger partial charge < -0.3 is 65.2 Å². The molecule has 26 heteroatoms. The van der Waals surface area contributed by atoms with Crippen LogP contribution in [0.1, 0.15) is 129 Å². The second-order valence-electron chi connectivity index (χ2n) is 28.7. The zero-order chi connectivity index (χ0) is 74.2. The Morgan fingerprint density at radius 2 is 1.24 bits per heavy atom. The number of hydrogen-bond acceptors (Lipinski definition) is 13. The predicted octanol–water partition coefficient (Wildman–Crippen LogP) is 4.37. The van der Waals surface area contributed by atoms with Gasteiger partial charge in [-0.3, -0.25) is 57.5 Å². The van der Waals surface area contributed by atoms with Crippen molar-refractivity contribution in [3.63, 3.8) is 0 Å². The summed E-state index contributed by atoms with van der Waals surface area (Å²) in [6.45, 7) is 15.8. The molecule has 6 rings (SSSR count). The summed E-state index contributed by atoms with van der Waals surface area (Å²) in [5.74, 6) is -8.46. The van der Waals surface area contributed by atoms with Crippen LogP contribution in [0.2, 0.25) is 0 Å². The average molecular weight is 1500 g/mol. The molecule has 3 aromatic carbocycles. The molecule has 25 nitrogen and oxygen atoms in total. The quantitative estimate of drug-likeness (QED) is 0.163. The second kappa shape index (κ2) is 36.4. The highest BCUT2D eigenvalue weighted by Crippen LogP contribution is 2.27. The van der Waals surface area contributed by atoms with E-state index in [4.69, 9.17) is 4.74 Å². The van der Waals surface area contributed by atoms with E-state index in [1.165, 1.54) is 92.6 Å². The van der Waals surface area contributed by atoms with E-state index in [1.807, 2.05) is 77.9 Å². The molecule has 3 aliphatic rings. The SMILES string of the molecule is CC[C@H](C)[C@@H]1NC(=O)[C@H](CC(C)C)N(C)C(=O)C[C@@H](C(=O)N2CCCCC2)N(C)C(=O)[C@H](CC(C)C)NC(=O)C(C)(C)N(C)C(=O)[C@H](Cc2ccccc2OC)NC(=O)[C@H](Cc2cccc(I)c2)NC(=O)CN(C)C(=O)[C@H](Cc2ccc(C)cc2)N(C)C(=O)C2CCN2C(=O)CN(C)C1=O. The molecule has 0 radical (unpaired) electrons. The van der Waals surface area contributed by atoms with E-state index in [-0.39, 0.29) is 56.9 Å². The molecule has 100 heavy (non-hydrogen) atoms. The van der Waals surface area contributed by atoms with Crippen LogP contribution in [0, 0.1) is 28.2 Å². The Morgan fingerprint density at radius 1 is 0.600 bits per heavy atom. The fourth-order valence-corrected chi connectivity index (χ4v) is 13.5. The van der Waals surface area contributed by atoms with Crippen molar-refractivity contribution in [2.75, 3.05) is 82.1 Å². The molecule has 0 aromatic heterocycles. The maximum Gasteiger partial charge on any atom is 0.246 e. The minimum Gasteiger partial charge on any atom is -0.496 e. The third-order valence-corrected chi connectivity index (χ3v) is 20.5. The van der Waals surface area contributed by atoms with Crippen molar-refractivity contribution in [2.24, 2.45) is 17.8 Å². The normalized spacial score (nSPS) is 24.3. The molecule has 3 aromatic rings. The number of nitrogens with zero attached hydrogens (tertiary/aromatic N) is 8. The van der Waals surface area contributed by atoms with Crippen LogP contribution in [-0.4, -0.2) is 246 Å². The van der Waals surface area contributed by atoms with Crippen molar-refractivity contribution < 1.29 is 62.3 Å². The first-order chi connectivity index (χ1) is 47.1. The molecular formula is C74H107IN12O13. The van der Waals surface area contributed by atoms with E-state index >= 15 is 19.2 Å². The average Bonchev–Trinajstić information content (AvgIpc) is 0.796. The molecule has 3 saturated heterocycles. The van der Waals surface area contributed by atoms with E-state index in [0.29, 0.717) is 54.8 Å². The highest BCUT2D eigenvalue weighted by molar-refractivity contribution is 14.1. The molecule has 0 saturated carbocycles. The Balaban J connectivity index is 1.46. The van der Waals surface area contributed by atoms with Gasteiger partial charge in [-0.1, -0.05) is 108 Å². The first-order valence-electron chi connectivity index (χ1n) is 34.9. The largest absolute Gasteiger partial charge is 0.496 e. The van der Waals surface area contributed by atoms with Gasteiger partial charge in [0.05, 0.1) is 26.6 Å². The zero-order valence-corrected chi connectivity index (χ0v) is 63.5. The number of aryl methyl sites for hydroxylation is 1. The van der Waals surface area contributed by atoms with Gasteiger partial charge in [0.2, 0.25) is 70.9 Å². The lowest BCUT2D eigenvalue weighted by Crippen LogP contribution is -2.64. The van der Waals surface area contributed by atoms with Crippen LogP contribution in [0.25, 0.3) is 0 Å². The van der Waals surface area contributed by atoms with Crippen molar-refractivity contribution in [3.05, 3.63) is 98.6 Å². The molecule has 12 amide bonds. The van der Waals surface area contributed by atoms with Gasteiger partial charge in [-0.05, 0) is 135 Å². The van der Waals surface area contributed by atoms with Crippen molar-refractivity contribution in [1.29, 1.82) is 0 Å². The maximum absolute atomic E-state index is 15.4. The number of halogens is 1. The first-order valence-corrected chi connectivity index (χ1v) is 36.0. The highest BCUT2D eigenvalue weighted by atomic mass is 127. The zero-order valence-electron chi connectivity index (χ0n) is 61.4. The lowest BCUT2D eigenvalue weighted by atomic mass is 9.95. The molecule has 0 spiro atoms. The van der Waals surface area contributed by atoms with Gasteiger partial charge in [-0.2, -0.15) is 0 Å². The lowest BCUT2D eigenvalue weighted by Gasteiger charge is -2.43. The topological polar surface area (TPSA) is 288 Å². The summed E-state index contributed by atoms with van der Waals surface area (Å²) in [5.41, 5.74) is 1.02. The van der Waals surface area contributed by atoms with Crippen molar-refractivity contribution in [1.82, 2.24) is 60.5 Å². The van der Waals surface area contributed by atoms with Gasteiger partial charge in [-0.25, -0.2) is 0 Å². The van der Waals surface area contributed by atoms with E-state index in [1.54, 1.807) is 48.2 Å². The minimum atomic E-state index is -1.77. The molecule has 548 valence electrons. The smallest absolute Gasteiger partial charge is 0.246 e. The maximum atomic E-state index is 15.4. The van der Waals surface area contributed by atoms with Gasteiger partial charge in [0.25, 0.3) is 0 Å². The van der Waals surface area contributed by atoms with Crippen LogP contribution in [0.15, 0.2) is 72.8 Å². The summed E-state index contributed by atoms with van der Waals surface area (Å²) in [4.78, 5) is 189. The van der Waals surface area contributed by atoms with E-state index < -0.39 is 150 Å². The van der Waals surface area contributed by atoms with Crippen molar-refractivity contribution >= 4 is 93.5 Å². The number of rotatable bonds is 14. The number of amides is 12. The summed E-state index contributed by atoms with van der Waals surface area (Å²) in [7, 11) is 9.98. The van der Waals surface area contributed by atoms with Crippen LogP contribution < -0.4 is 26.0 Å². The first kappa shape index (κ1) is 80.8. The van der Waals surface area contributed by atoms with E-state index in [0.717, 1.165) is 20.5 Å². The van der Waals surface area contributed by atoms with Gasteiger partial charge >= 0.3 is 0 Å². The molecule has 0 aliphatic carbocycles. The predicted molar refractivity (Wildman–Crippen MR) is 387 cm³/mol. The van der Waals surface area contributed by atoms with Crippen LogP contribution in [0.4, 0.5) is 0 Å². The van der Waals surface area contributed by atoms with Crippen LogP contribution in [-0.2, 0) is 76.8 Å². The number of ether oxygens (including phenoxy) is 1. The Morgan fingerprint density at radius 3 is 1.84 bits per heavy atom. The number of nitrogens with one attached hydrogen (secondary N) is 4. The number of carbonyl (C=O) groups is 12. The Hall–Kier alpha value is -8.17. The minimum absolute atomic E-state index is 0.00898. The molecule has 4 N–H and O–H groups in total. The summed E-state index contributed by atoms with van der Waals surface area (Å²) < 4.78 is 6.54. The van der Waals surface area contributed by atoms with Gasteiger partial charge in [0.15, 0.2) is 0 Å². The fourth-order valence-electron chi connectivity index (χ4n) is 12.8. The van der Waals surface area contributed by atoms with Crippen LogP contribution in [0.5, 0.6) is 5.75 Å². The Labute approximate surface area is 604 Å². The van der Waals surface area contributed by atoms with Crippen molar-refractivity contribution in [3.8, 4) is 5.75 Å². The molecule has 0 bridgehead atoms. The number of likely N-dealkylation sites (N-methyl/N-ethyl adjacent to an activating group) is 6. The van der Waals surface area contributed by atoms with Crippen LogP contribution >= 0.6 is 22.6 Å². The summed E-state index contributed by atoms with van der Waals surface area (Å²) in [6.07, 6.45) is 2.28. The molecule has 1 unspecified atom stereocenters. The van der Waals surface area contributed by atoms with E-state index in [2.05, 4.69) is 43.9 Å². The van der Waals surface area contributed by atoms with Gasteiger partial charge in [0, 0.05) is 84.8 Å². The number of methoxy groups -OCH3 is 1. The molecule has 3 fully saturated rings. The van der Waals surface area contributed by atoms with E-state index in [9.17, 15) is 38.4 Å². The van der Waals surface area contributed by atoms with Crippen molar-refractivity contribution in [2.45, 2.75) is 187 Å². The second-order valence-corrected chi connectivity index (χ2v) is 29.9.